The Hall–Kier alpha value is -1.97. The van der Waals surface area contributed by atoms with Crippen molar-refractivity contribution in [2.75, 3.05) is 0 Å². The molecule has 1 aliphatic rings. The molecule has 1 atom stereocenters. The fourth-order valence-electron chi connectivity index (χ4n) is 2.99. The molecular formula is C17H20N2O2. The molecule has 0 saturated heterocycles. The van der Waals surface area contributed by atoms with Crippen molar-refractivity contribution in [3.63, 3.8) is 0 Å². The number of hydrogen-bond donors (Lipinski definition) is 0. The number of hydrogen-bond acceptors (Lipinski definition) is 4. The van der Waals surface area contributed by atoms with Gasteiger partial charge in [0.05, 0.1) is 0 Å². The minimum absolute atomic E-state index is 0.237. The topological polar surface area (TPSA) is 56.0 Å². The van der Waals surface area contributed by atoms with Crippen LogP contribution in [0.5, 0.6) is 0 Å². The van der Waals surface area contributed by atoms with Gasteiger partial charge in [-0.15, -0.1) is 0 Å². The van der Waals surface area contributed by atoms with Crippen LogP contribution in [-0.4, -0.2) is 15.9 Å². The lowest BCUT2D eigenvalue weighted by Gasteiger charge is -2.09. The molecule has 4 heteroatoms. The van der Waals surface area contributed by atoms with Gasteiger partial charge < -0.3 is 9.32 Å². The Labute approximate surface area is 124 Å². The molecule has 2 aromatic rings. The van der Waals surface area contributed by atoms with Gasteiger partial charge in [0.15, 0.2) is 0 Å². The molecule has 4 nitrogen and oxygen atoms in total. The van der Waals surface area contributed by atoms with Gasteiger partial charge in [-0.2, -0.15) is 4.98 Å². The molecule has 0 amide bonds. The van der Waals surface area contributed by atoms with Crippen LogP contribution < -0.4 is 0 Å². The fraction of sp³-hybridized carbons (Fsp3) is 0.471. The largest absolute Gasteiger partial charge is 0.339 e. The quantitative estimate of drug-likeness (QED) is 0.855. The molecule has 0 spiro atoms. The summed E-state index contributed by atoms with van der Waals surface area (Å²) < 4.78 is 5.27. The number of nitrogens with zero attached hydrogens (tertiary/aromatic N) is 2. The van der Waals surface area contributed by atoms with Crippen LogP contribution in [0.3, 0.4) is 0 Å². The van der Waals surface area contributed by atoms with Gasteiger partial charge in [-0.05, 0) is 42.9 Å². The van der Waals surface area contributed by atoms with Crippen LogP contribution in [0.1, 0.15) is 62.5 Å². The Balaban J connectivity index is 1.88. The van der Waals surface area contributed by atoms with Gasteiger partial charge in [0.1, 0.15) is 5.78 Å². The third-order valence-corrected chi connectivity index (χ3v) is 4.07. The summed E-state index contributed by atoms with van der Waals surface area (Å²) in [4.78, 5) is 15.8. The van der Waals surface area contributed by atoms with Crippen molar-refractivity contribution in [1.29, 1.82) is 0 Å². The van der Waals surface area contributed by atoms with Crippen molar-refractivity contribution in [1.82, 2.24) is 10.1 Å². The van der Waals surface area contributed by atoms with Crippen LogP contribution in [0.15, 0.2) is 22.7 Å². The van der Waals surface area contributed by atoms with Crippen LogP contribution >= 0.6 is 0 Å². The molecule has 0 N–H and O–H groups in total. The molecule has 0 saturated carbocycles. The maximum absolute atomic E-state index is 11.3. The van der Waals surface area contributed by atoms with E-state index >= 15 is 0 Å². The van der Waals surface area contributed by atoms with Crippen molar-refractivity contribution in [3.8, 4) is 11.4 Å². The summed E-state index contributed by atoms with van der Waals surface area (Å²) in [5.41, 5.74) is 3.61. The number of aryl methyl sites for hydroxylation is 1. The second-order valence-corrected chi connectivity index (χ2v) is 6.17. The van der Waals surface area contributed by atoms with E-state index in [1.54, 1.807) is 6.92 Å². The molecule has 0 unspecified atom stereocenters. The molecule has 0 aliphatic heterocycles. The second-order valence-electron chi connectivity index (χ2n) is 6.17. The van der Waals surface area contributed by atoms with Gasteiger partial charge >= 0.3 is 0 Å². The number of aromatic nitrogens is 2. The number of Topliss-reactive ketones (excluding diaryl/α,β-unsaturated/α-hetero) is 1. The average molecular weight is 284 g/mol. The highest BCUT2D eigenvalue weighted by molar-refractivity contribution is 5.76. The number of rotatable bonds is 4. The van der Waals surface area contributed by atoms with E-state index in [1.165, 1.54) is 11.1 Å². The van der Waals surface area contributed by atoms with Crippen molar-refractivity contribution in [2.24, 2.45) is 0 Å². The fourth-order valence-corrected chi connectivity index (χ4v) is 2.99. The molecule has 1 heterocycles. The first-order valence-electron chi connectivity index (χ1n) is 7.51. The van der Waals surface area contributed by atoms with Crippen molar-refractivity contribution >= 4 is 5.78 Å². The first-order chi connectivity index (χ1) is 10.0. The summed E-state index contributed by atoms with van der Waals surface area (Å²) >= 11 is 0. The van der Waals surface area contributed by atoms with E-state index in [-0.39, 0.29) is 11.7 Å². The highest BCUT2D eigenvalue weighted by atomic mass is 16.5. The minimum Gasteiger partial charge on any atom is -0.339 e. The minimum atomic E-state index is 0.237. The van der Waals surface area contributed by atoms with Gasteiger partial charge in [0, 0.05) is 17.9 Å². The Morgan fingerprint density at radius 3 is 2.90 bits per heavy atom. The van der Waals surface area contributed by atoms with Gasteiger partial charge in [-0.1, -0.05) is 31.1 Å². The standard InChI is InChI=1S/C17H20N2O2/c1-10(2)17-18-16(19-21-17)14-6-7-15-12(8-11(3)20)4-5-13(15)9-14/h6-7,9-10,12H,4-5,8H2,1-3H3/t12-/m0/s1. The summed E-state index contributed by atoms with van der Waals surface area (Å²) in [6.45, 7) is 5.73. The number of carbonyl (C=O) groups is 1. The number of benzene rings is 1. The number of fused-ring (bicyclic) bond motifs is 1. The van der Waals surface area contributed by atoms with Crippen molar-refractivity contribution in [2.45, 2.75) is 51.9 Å². The molecule has 1 aromatic heterocycles. The Morgan fingerprint density at radius 1 is 1.43 bits per heavy atom. The number of carbonyl (C=O) groups excluding carboxylic acids is 1. The molecule has 1 aliphatic carbocycles. The smallest absolute Gasteiger partial charge is 0.229 e. The zero-order chi connectivity index (χ0) is 15.0. The van der Waals surface area contributed by atoms with Crippen molar-refractivity contribution in [3.05, 3.63) is 35.2 Å². The zero-order valence-corrected chi connectivity index (χ0v) is 12.7. The first-order valence-corrected chi connectivity index (χ1v) is 7.51. The third-order valence-electron chi connectivity index (χ3n) is 4.07. The molecule has 0 radical (unpaired) electrons. The summed E-state index contributed by atoms with van der Waals surface area (Å²) in [5.74, 6) is 2.19. The lowest BCUT2D eigenvalue weighted by Crippen LogP contribution is -2.00. The summed E-state index contributed by atoms with van der Waals surface area (Å²) in [7, 11) is 0. The van der Waals surface area contributed by atoms with Gasteiger partial charge in [0.25, 0.3) is 0 Å². The Bertz CT molecular complexity index is 673. The molecule has 3 rings (SSSR count). The summed E-state index contributed by atoms with van der Waals surface area (Å²) in [5, 5.41) is 4.06. The van der Waals surface area contributed by atoms with Crippen LogP contribution in [-0.2, 0) is 11.2 Å². The van der Waals surface area contributed by atoms with Crippen LogP contribution in [0.4, 0.5) is 0 Å². The molecule has 21 heavy (non-hydrogen) atoms. The molecular weight excluding hydrogens is 264 g/mol. The lowest BCUT2D eigenvalue weighted by atomic mass is 9.95. The molecule has 0 fully saturated rings. The zero-order valence-electron chi connectivity index (χ0n) is 12.7. The van der Waals surface area contributed by atoms with Crippen molar-refractivity contribution < 1.29 is 9.32 Å². The summed E-state index contributed by atoms with van der Waals surface area (Å²) in [6, 6.07) is 6.30. The first kappa shape index (κ1) is 14.0. The number of ketones is 1. The van der Waals surface area contributed by atoms with E-state index < -0.39 is 0 Å². The van der Waals surface area contributed by atoms with E-state index in [0.717, 1.165) is 18.4 Å². The second kappa shape index (κ2) is 5.43. The molecule has 110 valence electrons. The maximum atomic E-state index is 11.3. The average Bonchev–Trinajstić information content (AvgIpc) is 3.05. The Morgan fingerprint density at radius 2 is 2.24 bits per heavy atom. The SMILES string of the molecule is CC(=O)C[C@@H]1CCc2cc(-c3noc(C(C)C)n3)ccc21. The lowest BCUT2D eigenvalue weighted by molar-refractivity contribution is -0.117. The van der Waals surface area contributed by atoms with E-state index in [1.807, 2.05) is 19.9 Å². The highest BCUT2D eigenvalue weighted by Gasteiger charge is 2.24. The van der Waals surface area contributed by atoms with E-state index in [2.05, 4.69) is 22.3 Å². The maximum Gasteiger partial charge on any atom is 0.229 e. The van der Waals surface area contributed by atoms with E-state index in [4.69, 9.17) is 4.52 Å². The predicted molar refractivity (Wildman–Crippen MR) is 80.2 cm³/mol. The summed E-state index contributed by atoms with van der Waals surface area (Å²) in [6.07, 6.45) is 2.73. The van der Waals surface area contributed by atoms with Crippen LogP contribution in [0, 0.1) is 0 Å². The van der Waals surface area contributed by atoms with E-state index in [0.29, 0.717) is 24.1 Å². The van der Waals surface area contributed by atoms with Gasteiger partial charge in [-0.25, -0.2) is 0 Å². The predicted octanol–water partition coefficient (Wildman–Crippen LogP) is 3.87. The highest BCUT2D eigenvalue weighted by Crippen LogP contribution is 2.37. The third kappa shape index (κ3) is 2.75. The monoisotopic (exact) mass is 284 g/mol. The molecule has 0 bridgehead atoms. The normalized spacial score (nSPS) is 17.2. The van der Waals surface area contributed by atoms with Gasteiger partial charge in [0.2, 0.25) is 11.7 Å². The van der Waals surface area contributed by atoms with Crippen LogP contribution in [0.2, 0.25) is 0 Å². The van der Waals surface area contributed by atoms with E-state index in [9.17, 15) is 4.79 Å². The van der Waals surface area contributed by atoms with Crippen LogP contribution in [0.25, 0.3) is 11.4 Å². The van der Waals surface area contributed by atoms with Gasteiger partial charge in [-0.3, -0.25) is 0 Å². The Kier molecular flexibility index (Phi) is 3.62. The molecule has 1 aromatic carbocycles.